The van der Waals surface area contributed by atoms with Crippen LogP contribution in [0.3, 0.4) is 0 Å². The number of imidazole rings is 1. The lowest BCUT2D eigenvalue weighted by Gasteiger charge is -1.99. The standard InChI is InChI=1S/C18H15N7S/c1-10-7-11(2)25-8-12(20-17(25)19-10)9-26-18-22-16-15(23-24-18)13-5-3-4-6-14(13)21-16/h3-8H,9H2,1-2H3,(H,21,22,24). The molecule has 5 rings (SSSR count). The molecule has 4 heterocycles. The molecule has 0 saturated heterocycles. The Morgan fingerprint density at radius 1 is 1.08 bits per heavy atom. The van der Waals surface area contributed by atoms with Crippen LogP contribution in [0.2, 0.25) is 0 Å². The van der Waals surface area contributed by atoms with E-state index in [4.69, 9.17) is 0 Å². The van der Waals surface area contributed by atoms with E-state index in [9.17, 15) is 0 Å². The Labute approximate surface area is 152 Å². The van der Waals surface area contributed by atoms with Crippen LogP contribution in [-0.4, -0.2) is 34.5 Å². The molecule has 26 heavy (non-hydrogen) atoms. The number of fused-ring (bicyclic) bond motifs is 4. The van der Waals surface area contributed by atoms with Gasteiger partial charge in [0.25, 0.3) is 0 Å². The van der Waals surface area contributed by atoms with Gasteiger partial charge in [0.2, 0.25) is 10.9 Å². The van der Waals surface area contributed by atoms with Crippen LogP contribution in [0.1, 0.15) is 17.1 Å². The summed E-state index contributed by atoms with van der Waals surface area (Å²) in [6.07, 6.45) is 2.01. The van der Waals surface area contributed by atoms with Crippen molar-refractivity contribution in [2.45, 2.75) is 24.8 Å². The predicted molar refractivity (Wildman–Crippen MR) is 101 cm³/mol. The molecule has 0 fully saturated rings. The molecular weight excluding hydrogens is 346 g/mol. The lowest BCUT2D eigenvalue weighted by Crippen LogP contribution is -1.94. The van der Waals surface area contributed by atoms with Gasteiger partial charge in [0.15, 0.2) is 5.65 Å². The fourth-order valence-electron chi connectivity index (χ4n) is 3.09. The molecule has 8 heteroatoms. The Morgan fingerprint density at radius 3 is 2.88 bits per heavy atom. The third-order valence-corrected chi connectivity index (χ3v) is 5.13. The first-order chi connectivity index (χ1) is 12.7. The molecular formula is C18H15N7S. The minimum atomic E-state index is 0.627. The smallest absolute Gasteiger partial charge is 0.234 e. The summed E-state index contributed by atoms with van der Waals surface area (Å²) in [5.74, 6) is 1.39. The number of benzene rings is 1. The number of hydrogen-bond donors (Lipinski definition) is 1. The first-order valence-corrected chi connectivity index (χ1v) is 9.22. The first-order valence-electron chi connectivity index (χ1n) is 8.23. The lowest BCUT2D eigenvalue weighted by atomic mass is 10.2. The van der Waals surface area contributed by atoms with Crippen molar-refractivity contribution in [2.24, 2.45) is 0 Å². The normalized spacial score (nSPS) is 11.8. The summed E-state index contributed by atoms with van der Waals surface area (Å²) in [6, 6.07) is 10.1. The summed E-state index contributed by atoms with van der Waals surface area (Å²) in [5.41, 5.74) is 5.60. The molecule has 0 aliphatic carbocycles. The molecule has 0 amide bonds. The van der Waals surface area contributed by atoms with Gasteiger partial charge in [-0.05, 0) is 26.0 Å². The number of nitrogens with zero attached hydrogens (tertiary/aromatic N) is 6. The van der Waals surface area contributed by atoms with Gasteiger partial charge in [-0.2, -0.15) is 0 Å². The van der Waals surface area contributed by atoms with Crippen LogP contribution in [0.15, 0.2) is 41.7 Å². The van der Waals surface area contributed by atoms with E-state index in [-0.39, 0.29) is 0 Å². The zero-order valence-corrected chi connectivity index (χ0v) is 15.1. The average molecular weight is 361 g/mol. The third kappa shape index (κ3) is 2.50. The Balaban J connectivity index is 1.44. The molecule has 0 aliphatic heterocycles. The van der Waals surface area contributed by atoms with Crippen molar-refractivity contribution in [1.82, 2.24) is 34.5 Å². The number of aryl methyl sites for hydroxylation is 2. The van der Waals surface area contributed by atoms with Gasteiger partial charge in [-0.3, -0.25) is 4.40 Å². The van der Waals surface area contributed by atoms with E-state index >= 15 is 0 Å². The minimum Gasteiger partial charge on any atom is -0.338 e. The lowest BCUT2D eigenvalue weighted by molar-refractivity contribution is 0.877. The summed E-state index contributed by atoms with van der Waals surface area (Å²) >= 11 is 1.52. The van der Waals surface area contributed by atoms with Crippen LogP contribution in [0.25, 0.3) is 27.8 Å². The summed E-state index contributed by atoms with van der Waals surface area (Å²) < 4.78 is 2.00. The van der Waals surface area contributed by atoms with Gasteiger partial charge in [-0.1, -0.05) is 30.0 Å². The molecule has 128 valence electrons. The molecule has 5 aromatic rings. The number of H-pyrrole nitrogens is 1. The molecule has 1 N–H and O–H groups in total. The predicted octanol–water partition coefficient (Wildman–Crippen LogP) is 3.46. The van der Waals surface area contributed by atoms with E-state index in [1.165, 1.54) is 11.8 Å². The van der Waals surface area contributed by atoms with Gasteiger partial charge in [0, 0.05) is 34.2 Å². The second kappa shape index (κ2) is 5.77. The summed E-state index contributed by atoms with van der Waals surface area (Å²) in [5, 5.41) is 10.3. The van der Waals surface area contributed by atoms with Crippen molar-refractivity contribution in [3.8, 4) is 0 Å². The Bertz CT molecular complexity index is 1270. The monoisotopic (exact) mass is 361 g/mol. The van der Waals surface area contributed by atoms with Gasteiger partial charge < -0.3 is 4.98 Å². The highest BCUT2D eigenvalue weighted by Crippen LogP contribution is 2.24. The SMILES string of the molecule is Cc1cc(C)n2cc(CSc3nnc4c(n3)[nH]c3ccccc34)nc2n1. The average Bonchev–Trinajstić information content (AvgIpc) is 3.20. The molecule has 1 aromatic carbocycles. The van der Waals surface area contributed by atoms with Crippen LogP contribution in [-0.2, 0) is 5.75 Å². The van der Waals surface area contributed by atoms with E-state index in [2.05, 4.69) is 37.1 Å². The first kappa shape index (κ1) is 15.3. The number of hydrogen-bond acceptors (Lipinski definition) is 6. The topological polar surface area (TPSA) is 84.6 Å². The second-order valence-corrected chi connectivity index (χ2v) is 7.13. The quantitative estimate of drug-likeness (QED) is 0.495. The molecule has 0 radical (unpaired) electrons. The highest BCUT2D eigenvalue weighted by molar-refractivity contribution is 7.98. The van der Waals surface area contributed by atoms with Crippen LogP contribution in [0.5, 0.6) is 0 Å². The number of nitrogens with one attached hydrogen (secondary N) is 1. The highest BCUT2D eigenvalue weighted by atomic mass is 32.2. The maximum Gasteiger partial charge on any atom is 0.234 e. The van der Waals surface area contributed by atoms with Crippen molar-refractivity contribution in [3.63, 3.8) is 0 Å². The number of para-hydroxylation sites is 1. The molecule has 0 atom stereocenters. The fourth-order valence-corrected chi connectivity index (χ4v) is 3.76. The van der Waals surface area contributed by atoms with Crippen molar-refractivity contribution in [3.05, 3.63) is 53.6 Å². The Hall–Kier alpha value is -3.00. The highest BCUT2D eigenvalue weighted by Gasteiger charge is 2.11. The van der Waals surface area contributed by atoms with E-state index in [0.29, 0.717) is 10.9 Å². The van der Waals surface area contributed by atoms with E-state index in [0.717, 1.165) is 44.9 Å². The molecule has 0 saturated carbocycles. The van der Waals surface area contributed by atoms with Gasteiger partial charge in [-0.25, -0.2) is 15.0 Å². The van der Waals surface area contributed by atoms with Gasteiger partial charge in [-0.15, -0.1) is 10.2 Å². The zero-order chi connectivity index (χ0) is 17.7. The Kier molecular flexibility index (Phi) is 3.39. The van der Waals surface area contributed by atoms with Crippen molar-refractivity contribution in [1.29, 1.82) is 0 Å². The van der Waals surface area contributed by atoms with Gasteiger partial charge in [0.1, 0.15) is 5.52 Å². The molecule has 4 aromatic heterocycles. The molecule has 0 bridgehead atoms. The van der Waals surface area contributed by atoms with E-state index < -0.39 is 0 Å². The maximum absolute atomic E-state index is 4.60. The number of aromatic nitrogens is 7. The minimum absolute atomic E-state index is 0.627. The molecule has 0 spiro atoms. The second-order valence-electron chi connectivity index (χ2n) is 6.19. The molecule has 7 nitrogen and oxygen atoms in total. The van der Waals surface area contributed by atoms with Crippen LogP contribution >= 0.6 is 11.8 Å². The molecule has 0 unspecified atom stereocenters. The Morgan fingerprint density at radius 2 is 1.96 bits per heavy atom. The largest absolute Gasteiger partial charge is 0.338 e. The van der Waals surface area contributed by atoms with Crippen LogP contribution in [0.4, 0.5) is 0 Å². The number of aromatic amines is 1. The third-order valence-electron chi connectivity index (χ3n) is 4.26. The van der Waals surface area contributed by atoms with Crippen LogP contribution < -0.4 is 0 Å². The van der Waals surface area contributed by atoms with E-state index in [1.807, 2.05) is 47.9 Å². The van der Waals surface area contributed by atoms with Crippen molar-refractivity contribution < 1.29 is 0 Å². The summed E-state index contributed by atoms with van der Waals surface area (Å²) in [4.78, 5) is 17.0. The molecule has 0 aliphatic rings. The number of thioether (sulfide) groups is 1. The summed E-state index contributed by atoms with van der Waals surface area (Å²) in [6.45, 7) is 4.03. The van der Waals surface area contributed by atoms with Gasteiger partial charge in [0.05, 0.1) is 5.69 Å². The fraction of sp³-hybridized carbons (Fsp3) is 0.167. The summed E-state index contributed by atoms with van der Waals surface area (Å²) in [7, 11) is 0. The number of rotatable bonds is 3. The zero-order valence-electron chi connectivity index (χ0n) is 14.3. The van der Waals surface area contributed by atoms with Crippen LogP contribution in [0, 0.1) is 13.8 Å². The van der Waals surface area contributed by atoms with Crippen molar-refractivity contribution in [2.75, 3.05) is 0 Å². The van der Waals surface area contributed by atoms with Gasteiger partial charge >= 0.3 is 0 Å². The maximum atomic E-state index is 4.60. The van der Waals surface area contributed by atoms with Crippen molar-refractivity contribution >= 4 is 39.6 Å². The van der Waals surface area contributed by atoms with E-state index in [1.54, 1.807) is 0 Å².